The van der Waals surface area contributed by atoms with Crippen LogP contribution in [0.4, 0.5) is 0 Å². The van der Waals surface area contributed by atoms with Gasteiger partial charge in [0.1, 0.15) is 31.4 Å². The molecule has 0 aliphatic heterocycles. The molecule has 0 amide bonds. The van der Waals surface area contributed by atoms with Gasteiger partial charge in [0.15, 0.2) is 0 Å². The molecule has 0 aliphatic carbocycles. The summed E-state index contributed by atoms with van der Waals surface area (Å²) in [6, 6.07) is 0. The molecule has 0 spiro atoms. The molecule has 1 aromatic rings. The number of rotatable bonds is 2. The molecule has 0 saturated carbocycles. The van der Waals surface area contributed by atoms with E-state index in [-0.39, 0.29) is 4.75 Å². The SMILES string of the molecule is CC(=N[S+]([O-])C(C)(C)C)c1nc(Br)cs1. The molecule has 0 radical (unpaired) electrons. The lowest BCUT2D eigenvalue weighted by molar-refractivity contribution is 0.561. The molecule has 84 valence electrons. The van der Waals surface area contributed by atoms with Crippen molar-refractivity contribution >= 4 is 44.3 Å². The Labute approximate surface area is 105 Å². The van der Waals surface area contributed by atoms with Crippen LogP contribution in [-0.2, 0) is 11.4 Å². The molecular weight excluding hydrogens is 296 g/mol. The zero-order chi connectivity index (χ0) is 11.6. The number of hydrogen-bond acceptors (Lipinski definition) is 4. The highest BCUT2D eigenvalue weighted by Crippen LogP contribution is 2.20. The van der Waals surface area contributed by atoms with Crippen molar-refractivity contribution in [3.05, 3.63) is 15.0 Å². The molecule has 0 aromatic carbocycles. The summed E-state index contributed by atoms with van der Waals surface area (Å²) in [6.45, 7) is 7.53. The van der Waals surface area contributed by atoms with Crippen LogP contribution in [0.2, 0.25) is 0 Å². The van der Waals surface area contributed by atoms with Crippen LogP contribution in [0, 0.1) is 0 Å². The molecule has 1 atom stereocenters. The highest BCUT2D eigenvalue weighted by molar-refractivity contribution is 9.10. The first-order chi connectivity index (χ1) is 6.80. The maximum Gasteiger partial charge on any atom is 0.144 e. The summed E-state index contributed by atoms with van der Waals surface area (Å²) in [5.74, 6) is 0. The van der Waals surface area contributed by atoms with Crippen LogP contribution in [0.25, 0.3) is 0 Å². The molecule has 6 heteroatoms. The topological polar surface area (TPSA) is 48.3 Å². The monoisotopic (exact) mass is 308 g/mol. The number of halogens is 1. The second kappa shape index (κ2) is 4.95. The normalized spacial score (nSPS) is 15.5. The number of thiazole rings is 1. The van der Waals surface area contributed by atoms with Gasteiger partial charge in [0.25, 0.3) is 0 Å². The van der Waals surface area contributed by atoms with Crippen LogP contribution in [-0.4, -0.2) is 20.0 Å². The van der Waals surface area contributed by atoms with Gasteiger partial charge in [-0.05, 0) is 43.6 Å². The maximum atomic E-state index is 11.7. The maximum absolute atomic E-state index is 11.7. The molecule has 1 heterocycles. The minimum atomic E-state index is -1.22. The van der Waals surface area contributed by atoms with Crippen LogP contribution >= 0.6 is 27.3 Å². The number of hydrogen-bond donors (Lipinski definition) is 0. The quantitative estimate of drug-likeness (QED) is 0.622. The van der Waals surface area contributed by atoms with Gasteiger partial charge in [-0.3, -0.25) is 0 Å². The predicted molar refractivity (Wildman–Crippen MR) is 69.9 cm³/mol. The third kappa shape index (κ3) is 3.86. The summed E-state index contributed by atoms with van der Waals surface area (Å²) in [7, 11) is 0. The molecule has 3 nitrogen and oxygen atoms in total. The lowest BCUT2D eigenvalue weighted by Crippen LogP contribution is -2.26. The van der Waals surface area contributed by atoms with Gasteiger partial charge in [-0.2, -0.15) is 0 Å². The van der Waals surface area contributed by atoms with Crippen molar-refractivity contribution in [1.29, 1.82) is 0 Å². The highest BCUT2D eigenvalue weighted by Gasteiger charge is 2.27. The lowest BCUT2D eigenvalue weighted by atomic mass is 10.3. The summed E-state index contributed by atoms with van der Waals surface area (Å²) in [5, 5.41) is 2.69. The van der Waals surface area contributed by atoms with E-state index in [2.05, 4.69) is 25.3 Å². The van der Waals surface area contributed by atoms with E-state index in [1.54, 1.807) is 0 Å². The lowest BCUT2D eigenvalue weighted by Gasteiger charge is -2.18. The van der Waals surface area contributed by atoms with Gasteiger partial charge in [0.05, 0.1) is 0 Å². The average Bonchev–Trinajstić information content (AvgIpc) is 2.50. The second-order valence-corrected chi connectivity index (χ2v) is 7.59. The van der Waals surface area contributed by atoms with E-state index in [4.69, 9.17) is 0 Å². The summed E-state index contributed by atoms with van der Waals surface area (Å²) in [4.78, 5) is 4.22. The molecule has 15 heavy (non-hydrogen) atoms. The van der Waals surface area contributed by atoms with Crippen molar-refractivity contribution in [2.24, 2.45) is 4.40 Å². The van der Waals surface area contributed by atoms with Crippen LogP contribution < -0.4 is 0 Å². The third-order valence-electron chi connectivity index (χ3n) is 1.53. The summed E-state index contributed by atoms with van der Waals surface area (Å²) in [6.07, 6.45) is 0. The number of nitrogens with zero attached hydrogens (tertiary/aromatic N) is 2. The fourth-order valence-electron chi connectivity index (χ4n) is 0.721. The molecule has 0 aliphatic rings. The van der Waals surface area contributed by atoms with Crippen molar-refractivity contribution < 1.29 is 4.55 Å². The van der Waals surface area contributed by atoms with Crippen LogP contribution in [0.1, 0.15) is 32.7 Å². The Hall–Kier alpha value is 0.0900. The molecule has 0 saturated heterocycles. The first kappa shape index (κ1) is 13.2. The van der Waals surface area contributed by atoms with E-state index in [0.717, 1.165) is 15.3 Å². The zero-order valence-corrected chi connectivity index (χ0v) is 12.3. The molecule has 1 rings (SSSR count). The van der Waals surface area contributed by atoms with Crippen LogP contribution in [0.15, 0.2) is 14.4 Å². The smallest absolute Gasteiger partial charge is 0.144 e. The Bertz CT molecular complexity index is 370. The molecule has 1 unspecified atom stereocenters. The second-order valence-electron chi connectivity index (χ2n) is 4.01. The van der Waals surface area contributed by atoms with Gasteiger partial charge < -0.3 is 4.55 Å². The van der Waals surface area contributed by atoms with E-state index in [1.807, 2.05) is 33.1 Å². The zero-order valence-electron chi connectivity index (χ0n) is 9.07. The van der Waals surface area contributed by atoms with E-state index in [9.17, 15) is 4.55 Å². The predicted octanol–water partition coefficient (Wildman–Crippen LogP) is 3.18. The highest BCUT2D eigenvalue weighted by atomic mass is 79.9. The molecule has 0 fully saturated rings. The van der Waals surface area contributed by atoms with Crippen molar-refractivity contribution in [3.63, 3.8) is 0 Å². The van der Waals surface area contributed by atoms with Crippen molar-refractivity contribution in [2.75, 3.05) is 0 Å². The third-order valence-corrected chi connectivity index (χ3v) is 4.68. The fraction of sp³-hybridized carbons (Fsp3) is 0.556. The molecule has 0 bridgehead atoms. The first-order valence-electron chi connectivity index (χ1n) is 4.39. The van der Waals surface area contributed by atoms with Crippen molar-refractivity contribution in [1.82, 2.24) is 4.98 Å². The van der Waals surface area contributed by atoms with Crippen LogP contribution in [0.3, 0.4) is 0 Å². The van der Waals surface area contributed by atoms with Gasteiger partial charge in [0, 0.05) is 5.38 Å². The van der Waals surface area contributed by atoms with Crippen LogP contribution in [0.5, 0.6) is 0 Å². The molecule has 1 aromatic heterocycles. The summed E-state index contributed by atoms with van der Waals surface area (Å²) in [5.41, 5.74) is 0.721. The largest absolute Gasteiger partial charge is 0.591 e. The van der Waals surface area contributed by atoms with E-state index in [0.29, 0.717) is 0 Å². The number of aromatic nitrogens is 1. The Kier molecular flexibility index (Phi) is 4.34. The van der Waals surface area contributed by atoms with E-state index >= 15 is 0 Å². The minimum absolute atomic E-state index is 0.324. The Morgan fingerprint density at radius 3 is 2.60 bits per heavy atom. The van der Waals surface area contributed by atoms with Gasteiger partial charge in [-0.1, -0.05) is 4.40 Å². The van der Waals surface area contributed by atoms with Crippen molar-refractivity contribution in [2.45, 2.75) is 32.4 Å². The van der Waals surface area contributed by atoms with E-state index in [1.165, 1.54) is 11.3 Å². The van der Waals surface area contributed by atoms with Gasteiger partial charge >= 0.3 is 0 Å². The van der Waals surface area contributed by atoms with Gasteiger partial charge in [-0.15, -0.1) is 11.3 Å². The first-order valence-corrected chi connectivity index (χ1v) is 7.17. The van der Waals surface area contributed by atoms with Gasteiger partial charge in [-0.25, -0.2) is 4.98 Å². The minimum Gasteiger partial charge on any atom is -0.591 e. The molecular formula is C9H13BrN2OS2. The van der Waals surface area contributed by atoms with Crippen molar-refractivity contribution in [3.8, 4) is 0 Å². The van der Waals surface area contributed by atoms with E-state index < -0.39 is 11.4 Å². The fourth-order valence-corrected chi connectivity index (χ4v) is 2.59. The summed E-state index contributed by atoms with van der Waals surface area (Å²) >= 11 is 3.54. The standard InChI is InChI=1S/C9H13BrN2OS2/c1-6(8-11-7(10)5-14-8)12-15(13)9(2,3)4/h5H,1-4H3. The summed E-state index contributed by atoms with van der Waals surface area (Å²) < 4.78 is 16.4. The average molecular weight is 309 g/mol. The Morgan fingerprint density at radius 2 is 2.20 bits per heavy atom. The van der Waals surface area contributed by atoms with Gasteiger partial charge in [0.2, 0.25) is 0 Å². The Morgan fingerprint density at radius 1 is 1.60 bits per heavy atom. The Balaban J connectivity index is 2.85. The molecule has 0 N–H and O–H groups in total.